The lowest BCUT2D eigenvalue weighted by Gasteiger charge is -2.21. The third kappa shape index (κ3) is 3.53. The van der Waals surface area contributed by atoms with Crippen molar-refractivity contribution in [1.29, 1.82) is 0 Å². The monoisotopic (exact) mass is 235 g/mol. The summed E-state index contributed by atoms with van der Waals surface area (Å²) in [7, 11) is 0. The first-order valence-corrected chi connectivity index (χ1v) is 6.04. The van der Waals surface area contributed by atoms with Crippen LogP contribution in [-0.2, 0) is 16.1 Å². The maximum absolute atomic E-state index is 11.4. The quantitative estimate of drug-likeness (QED) is 0.792. The summed E-state index contributed by atoms with van der Waals surface area (Å²) >= 11 is 0. The minimum Gasteiger partial charge on any atom is -0.376 e. The van der Waals surface area contributed by atoms with Crippen LogP contribution < -0.4 is 5.56 Å². The maximum atomic E-state index is 11.4. The molecule has 1 aromatic heterocycles. The van der Waals surface area contributed by atoms with E-state index in [1.54, 1.807) is 22.9 Å². The number of hydrogen-bond acceptors (Lipinski definition) is 3. The zero-order valence-electron chi connectivity index (χ0n) is 9.80. The topological polar surface area (TPSA) is 48.3 Å². The second-order valence-corrected chi connectivity index (χ2v) is 4.34. The van der Waals surface area contributed by atoms with E-state index in [0.29, 0.717) is 31.8 Å². The molecule has 17 heavy (non-hydrogen) atoms. The van der Waals surface area contributed by atoms with Gasteiger partial charge in [-0.2, -0.15) is 0 Å². The number of carbonyl (C=O) groups is 1. The molecule has 1 aliphatic carbocycles. The Kier molecular flexibility index (Phi) is 4.09. The molecule has 0 atom stereocenters. The Morgan fingerprint density at radius 2 is 2.00 bits per heavy atom. The normalized spacial score (nSPS) is 17.3. The summed E-state index contributed by atoms with van der Waals surface area (Å²) in [6, 6.07) is 5.10. The molecule has 4 heteroatoms. The van der Waals surface area contributed by atoms with Crippen LogP contribution in [0.1, 0.15) is 25.7 Å². The van der Waals surface area contributed by atoms with E-state index in [9.17, 15) is 9.59 Å². The number of aromatic nitrogens is 1. The lowest BCUT2D eigenvalue weighted by molar-refractivity contribution is -0.123. The predicted molar refractivity (Wildman–Crippen MR) is 63.9 cm³/mol. The second kappa shape index (κ2) is 5.77. The Labute approximate surface area is 100 Å². The van der Waals surface area contributed by atoms with Gasteiger partial charge in [0, 0.05) is 31.6 Å². The van der Waals surface area contributed by atoms with Crippen LogP contribution in [0.2, 0.25) is 0 Å². The van der Waals surface area contributed by atoms with Gasteiger partial charge in [0.05, 0.1) is 12.7 Å². The van der Waals surface area contributed by atoms with Gasteiger partial charge in [-0.05, 0) is 18.9 Å². The fraction of sp³-hybridized carbons (Fsp3) is 0.538. The van der Waals surface area contributed by atoms with Gasteiger partial charge >= 0.3 is 0 Å². The smallest absolute Gasteiger partial charge is 0.250 e. The molecule has 0 amide bonds. The molecule has 4 nitrogen and oxygen atoms in total. The SMILES string of the molecule is O=C1CCC(OCCn2ccccc2=O)CC1. The van der Waals surface area contributed by atoms with Crippen LogP contribution in [0.5, 0.6) is 0 Å². The molecule has 92 valence electrons. The van der Waals surface area contributed by atoms with Crippen molar-refractivity contribution in [2.24, 2.45) is 0 Å². The Hall–Kier alpha value is -1.42. The number of nitrogens with zero attached hydrogens (tertiary/aromatic N) is 1. The van der Waals surface area contributed by atoms with Crippen LogP contribution >= 0.6 is 0 Å². The van der Waals surface area contributed by atoms with Gasteiger partial charge in [0.15, 0.2) is 0 Å². The van der Waals surface area contributed by atoms with Crippen LogP contribution in [-0.4, -0.2) is 23.1 Å². The van der Waals surface area contributed by atoms with Gasteiger partial charge in [0.1, 0.15) is 5.78 Å². The largest absolute Gasteiger partial charge is 0.376 e. The highest BCUT2D eigenvalue weighted by molar-refractivity contribution is 5.79. The van der Waals surface area contributed by atoms with Crippen LogP contribution in [0.25, 0.3) is 0 Å². The molecule has 1 aromatic rings. The molecule has 1 fully saturated rings. The first-order valence-electron chi connectivity index (χ1n) is 6.04. The number of ketones is 1. The highest BCUT2D eigenvalue weighted by atomic mass is 16.5. The Bertz CT molecular complexity index is 428. The Morgan fingerprint density at radius 1 is 1.24 bits per heavy atom. The van der Waals surface area contributed by atoms with Gasteiger partial charge in [0.25, 0.3) is 5.56 Å². The summed E-state index contributed by atoms with van der Waals surface area (Å²) in [5.74, 6) is 0.337. The lowest BCUT2D eigenvalue weighted by Crippen LogP contribution is -2.25. The summed E-state index contributed by atoms with van der Waals surface area (Å²) in [6.07, 6.45) is 4.86. The van der Waals surface area contributed by atoms with Gasteiger partial charge in [0.2, 0.25) is 0 Å². The molecular weight excluding hydrogens is 218 g/mol. The van der Waals surface area contributed by atoms with Crippen LogP contribution in [0, 0.1) is 0 Å². The first-order chi connectivity index (χ1) is 8.25. The van der Waals surface area contributed by atoms with Crippen LogP contribution in [0.3, 0.4) is 0 Å². The van der Waals surface area contributed by atoms with Crippen molar-refractivity contribution in [3.63, 3.8) is 0 Å². The number of pyridine rings is 1. The molecule has 0 saturated heterocycles. The van der Waals surface area contributed by atoms with Crippen molar-refractivity contribution in [3.8, 4) is 0 Å². The summed E-state index contributed by atoms with van der Waals surface area (Å²) in [6.45, 7) is 1.10. The molecule has 0 radical (unpaired) electrons. The van der Waals surface area contributed by atoms with Gasteiger partial charge in [-0.25, -0.2) is 0 Å². The molecule has 0 bridgehead atoms. The molecule has 1 aliphatic rings. The zero-order valence-corrected chi connectivity index (χ0v) is 9.80. The number of Topliss-reactive ketones (excluding diaryl/α,β-unsaturated/α-hetero) is 1. The number of carbonyl (C=O) groups excluding carboxylic acids is 1. The summed E-state index contributed by atoms with van der Waals surface area (Å²) in [4.78, 5) is 22.5. The van der Waals surface area contributed by atoms with Crippen molar-refractivity contribution in [3.05, 3.63) is 34.7 Å². The molecule has 0 unspecified atom stereocenters. The van der Waals surface area contributed by atoms with E-state index in [1.165, 1.54) is 0 Å². The van der Waals surface area contributed by atoms with Crippen molar-refractivity contribution in [2.45, 2.75) is 38.3 Å². The van der Waals surface area contributed by atoms with E-state index in [-0.39, 0.29) is 11.7 Å². The molecule has 0 spiro atoms. The molecule has 1 saturated carbocycles. The zero-order chi connectivity index (χ0) is 12.1. The average molecular weight is 235 g/mol. The summed E-state index contributed by atoms with van der Waals surface area (Å²) in [5.41, 5.74) is -0.00470. The molecule has 0 N–H and O–H groups in total. The third-order valence-corrected chi connectivity index (χ3v) is 3.08. The van der Waals surface area contributed by atoms with Gasteiger partial charge in [-0.3, -0.25) is 9.59 Å². The van der Waals surface area contributed by atoms with Crippen molar-refractivity contribution in [2.75, 3.05) is 6.61 Å². The molecule has 0 aliphatic heterocycles. The van der Waals surface area contributed by atoms with E-state index >= 15 is 0 Å². The maximum Gasteiger partial charge on any atom is 0.250 e. The van der Waals surface area contributed by atoms with Gasteiger partial charge < -0.3 is 9.30 Å². The summed E-state index contributed by atoms with van der Waals surface area (Å²) < 4.78 is 7.31. The molecule has 0 aromatic carbocycles. The Balaban J connectivity index is 1.75. The highest BCUT2D eigenvalue weighted by Crippen LogP contribution is 2.17. The van der Waals surface area contributed by atoms with E-state index in [2.05, 4.69) is 0 Å². The fourth-order valence-electron chi connectivity index (χ4n) is 2.04. The summed E-state index contributed by atoms with van der Waals surface area (Å²) in [5, 5.41) is 0. The highest BCUT2D eigenvalue weighted by Gasteiger charge is 2.18. The van der Waals surface area contributed by atoms with Crippen molar-refractivity contribution >= 4 is 5.78 Å². The van der Waals surface area contributed by atoms with E-state index in [1.807, 2.05) is 6.07 Å². The fourth-order valence-corrected chi connectivity index (χ4v) is 2.04. The lowest BCUT2D eigenvalue weighted by atomic mass is 9.97. The first kappa shape index (κ1) is 12.0. The molecule has 2 rings (SSSR count). The van der Waals surface area contributed by atoms with E-state index in [4.69, 9.17) is 4.74 Å². The minimum atomic E-state index is -0.00470. The van der Waals surface area contributed by atoms with Gasteiger partial charge in [-0.1, -0.05) is 6.07 Å². The minimum absolute atomic E-state index is 0.00470. The van der Waals surface area contributed by atoms with E-state index in [0.717, 1.165) is 12.8 Å². The molecule has 1 heterocycles. The second-order valence-electron chi connectivity index (χ2n) is 4.34. The average Bonchev–Trinajstić information content (AvgIpc) is 2.34. The predicted octanol–water partition coefficient (Wildman–Crippen LogP) is 1.38. The number of ether oxygens (including phenoxy) is 1. The van der Waals surface area contributed by atoms with Crippen molar-refractivity contribution < 1.29 is 9.53 Å². The van der Waals surface area contributed by atoms with E-state index < -0.39 is 0 Å². The molecular formula is C13H17NO3. The Morgan fingerprint density at radius 3 is 2.71 bits per heavy atom. The third-order valence-electron chi connectivity index (χ3n) is 3.08. The number of hydrogen-bond donors (Lipinski definition) is 0. The van der Waals surface area contributed by atoms with Crippen LogP contribution in [0.15, 0.2) is 29.2 Å². The number of rotatable bonds is 4. The standard InChI is InChI=1S/C13H17NO3/c15-11-4-6-12(7-5-11)17-10-9-14-8-2-1-3-13(14)16/h1-3,8,12H,4-7,9-10H2. The van der Waals surface area contributed by atoms with Crippen LogP contribution in [0.4, 0.5) is 0 Å². The van der Waals surface area contributed by atoms with Gasteiger partial charge in [-0.15, -0.1) is 0 Å². The van der Waals surface area contributed by atoms with Crippen molar-refractivity contribution in [1.82, 2.24) is 4.57 Å².